The molecule has 2 unspecified atom stereocenters. The fraction of sp³-hybridized carbons (Fsp3) is 0.900. The molecule has 0 aliphatic carbocycles. The first-order chi connectivity index (χ1) is 6.47. The van der Waals surface area contributed by atoms with Crippen LogP contribution >= 0.6 is 0 Å². The molecular weight excluding hydrogens is 182 g/mol. The van der Waals surface area contributed by atoms with E-state index in [0.29, 0.717) is 18.6 Å². The number of likely N-dealkylation sites (tertiary alicyclic amines) is 1. The van der Waals surface area contributed by atoms with Crippen LogP contribution in [0.3, 0.4) is 0 Å². The van der Waals surface area contributed by atoms with E-state index in [0.717, 1.165) is 26.3 Å². The van der Waals surface area contributed by atoms with Gasteiger partial charge in [-0.15, -0.1) is 0 Å². The lowest BCUT2D eigenvalue weighted by Crippen LogP contribution is -2.38. The fourth-order valence-corrected chi connectivity index (χ4v) is 1.55. The number of hydrogen-bond donors (Lipinski definition) is 2. The molecule has 1 heterocycles. The maximum atomic E-state index is 9.00. The molecule has 0 spiro atoms. The summed E-state index contributed by atoms with van der Waals surface area (Å²) in [4.78, 5) is 11.4. The number of aliphatic carboxylic acids is 1. The van der Waals surface area contributed by atoms with E-state index in [4.69, 9.17) is 15.0 Å². The number of piperidine rings is 1. The minimum atomic E-state index is -0.833. The molecule has 2 atom stereocenters. The molecule has 0 aromatic heterocycles. The second kappa shape index (κ2) is 6.79. The summed E-state index contributed by atoms with van der Waals surface area (Å²) in [5, 5.41) is 16.3. The zero-order chi connectivity index (χ0) is 11.1. The third-order valence-electron chi connectivity index (χ3n) is 2.58. The molecular formula is C10H21NO3. The van der Waals surface area contributed by atoms with Crippen LogP contribution in [-0.2, 0) is 4.79 Å². The Hall–Kier alpha value is -0.610. The molecule has 1 rings (SSSR count). The summed E-state index contributed by atoms with van der Waals surface area (Å²) in [5.74, 6) is -0.272. The van der Waals surface area contributed by atoms with Gasteiger partial charge in [0, 0.05) is 19.6 Å². The lowest BCUT2D eigenvalue weighted by atomic mass is 9.93. The second-order valence-corrected chi connectivity index (χ2v) is 3.92. The maximum absolute atomic E-state index is 9.00. The third kappa shape index (κ3) is 5.94. The Balaban J connectivity index is 0.000000364. The summed E-state index contributed by atoms with van der Waals surface area (Å²) in [5.41, 5.74) is 0. The first-order valence-corrected chi connectivity index (χ1v) is 4.98. The molecule has 0 aromatic rings. The smallest absolute Gasteiger partial charge is 0.300 e. The summed E-state index contributed by atoms with van der Waals surface area (Å²) in [7, 11) is 2.15. The van der Waals surface area contributed by atoms with Crippen molar-refractivity contribution in [3.8, 4) is 0 Å². The van der Waals surface area contributed by atoms with Crippen molar-refractivity contribution >= 4 is 5.97 Å². The monoisotopic (exact) mass is 203 g/mol. The highest BCUT2D eigenvalue weighted by molar-refractivity contribution is 5.62. The molecule has 14 heavy (non-hydrogen) atoms. The van der Waals surface area contributed by atoms with Gasteiger partial charge in [-0.3, -0.25) is 4.79 Å². The fourth-order valence-electron chi connectivity index (χ4n) is 1.55. The van der Waals surface area contributed by atoms with Crippen molar-refractivity contribution in [2.75, 3.05) is 20.2 Å². The van der Waals surface area contributed by atoms with E-state index in [2.05, 4.69) is 18.9 Å². The maximum Gasteiger partial charge on any atom is 0.300 e. The molecule has 4 heteroatoms. The molecule has 4 nitrogen and oxygen atoms in total. The molecule has 1 saturated heterocycles. The Morgan fingerprint density at radius 2 is 2.07 bits per heavy atom. The number of carboxylic acids is 1. The van der Waals surface area contributed by atoms with Gasteiger partial charge in [0.25, 0.3) is 5.97 Å². The second-order valence-electron chi connectivity index (χ2n) is 3.92. The number of nitrogens with zero attached hydrogens (tertiary/aromatic N) is 1. The predicted octanol–water partition coefficient (Wildman–Crippen LogP) is 0.800. The molecule has 84 valence electrons. The molecule has 0 radical (unpaired) electrons. The van der Waals surface area contributed by atoms with Gasteiger partial charge < -0.3 is 15.1 Å². The van der Waals surface area contributed by atoms with Crippen molar-refractivity contribution in [3.05, 3.63) is 0 Å². The zero-order valence-corrected chi connectivity index (χ0v) is 9.23. The molecule has 2 N–H and O–H groups in total. The van der Waals surface area contributed by atoms with Crippen molar-refractivity contribution in [2.45, 2.75) is 32.7 Å². The molecule has 0 amide bonds. The van der Waals surface area contributed by atoms with Crippen molar-refractivity contribution in [2.24, 2.45) is 5.92 Å². The lowest BCUT2D eigenvalue weighted by molar-refractivity contribution is -0.134. The standard InChI is InChI=1S/C8H17NO.C2H4O2/c1-7-5-8(6-10)3-4-9(7)2;1-2(3)4/h7-8,10H,3-6H2,1-2H3;1H3,(H,3,4). The van der Waals surface area contributed by atoms with Gasteiger partial charge >= 0.3 is 0 Å². The number of aliphatic hydroxyl groups is 1. The molecule has 1 fully saturated rings. The van der Waals surface area contributed by atoms with Crippen LogP contribution in [0.15, 0.2) is 0 Å². The number of carboxylic acid groups (broad SMARTS) is 1. The number of rotatable bonds is 1. The summed E-state index contributed by atoms with van der Waals surface area (Å²) < 4.78 is 0. The number of carbonyl (C=O) groups is 1. The van der Waals surface area contributed by atoms with Crippen LogP contribution in [0.2, 0.25) is 0 Å². The average molecular weight is 203 g/mol. The Bertz CT molecular complexity index is 169. The molecule has 0 bridgehead atoms. The number of hydrogen-bond acceptors (Lipinski definition) is 3. The van der Waals surface area contributed by atoms with Crippen LogP contribution in [0.5, 0.6) is 0 Å². The highest BCUT2D eigenvalue weighted by Gasteiger charge is 2.21. The first-order valence-electron chi connectivity index (χ1n) is 4.98. The molecule has 1 aliphatic heterocycles. The van der Waals surface area contributed by atoms with Gasteiger partial charge in [-0.05, 0) is 39.3 Å². The summed E-state index contributed by atoms with van der Waals surface area (Å²) in [6.45, 7) is 4.83. The quantitative estimate of drug-likeness (QED) is 0.661. The van der Waals surface area contributed by atoms with Crippen molar-refractivity contribution in [1.82, 2.24) is 4.90 Å². The van der Waals surface area contributed by atoms with Crippen LogP contribution in [0.25, 0.3) is 0 Å². The van der Waals surface area contributed by atoms with E-state index >= 15 is 0 Å². The molecule has 0 saturated carbocycles. The van der Waals surface area contributed by atoms with Gasteiger partial charge in [0.05, 0.1) is 0 Å². The van der Waals surface area contributed by atoms with E-state index in [1.807, 2.05) is 0 Å². The zero-order valence-electron chi connectivity index (χ0n) is 9.23. The Morgan fingerprint density at radius 1 is 1.57 bits per heavy atom. The summed E-state index contributed by atoms with van der Waals surface area (Å²) >= 11 is 0. The third-order valence-corrected chi connectivity index (χ3v) is 2.58. The highest BCUT2D eigenvalue weighted by Crippen LogP contribution is 2.20. The Morgan fingerprint density at radius 3 is 2.43 bits per heavy atom. The van der Waals surface area contributed by atoms with Crippen molar-refractivity contribution in [1.29, 1.82) is 0 Å². The Kier molecular flexibility index (Phi) is 6.49. The van der Waals surface area contributed by atoms with E-state index in [-0.39, 0.29) is 0 Å². The van der Waals surface area contributed by atoms with Gasteiger partial charge in [0.2, 0.25) is 0 Å². The SMILES string of the molecule is CC(=O)O.CC1CC(CO)CCN1C. The minimum Gasteiger partial charge on any atom is -0.481 e. The highest BCUT2D eigenvalue weighted by atomic mass is 16.4. The van der Waals surface area contributed by atoms with Gasteiger partial charge in [-0.25, -0.2) is 0 Å². The van der Waals surface area contributed by atoms with Crippen LogP contribution < -0.4 is 0 Å². The normalized spacial score (nSPS) is 27.7. The van der Waals surface area contributed by atoms with Gasteiger partial charge in [-0.2, -0.15) is 0 Å². The average Bonchev–Trinajstić information content (AvgIpc) is 2.09. The van der Waals surface area contributed by atoms with Crippen LogP contribution in [0, 0.1) is 5.92 Å². The predicted molar refractivity (Wildman–Crippen MR) is 55.2 cm³/mol. The van der Waals surface area contributed by atoms with Crippen LogP contribution in [0.1, 0.15) is 26.7 Å². The minimum absolute atomic E-state index is 0.373. The largest absolute Gasteiger partial charge is 0.481 e. The van der Waals surface area contributed by atoms with Gasteiger partial charge in [0.15, 0.2) is 0 Å². The van der Waals surface area contributed by atoms with E-state index in [1.165, 1.54) is 0 Å². The lowest BCUT2D eigenvalue weighted by Gasteiger charge is -2.34. The van der Waals surface area contributed by atoms with E-state index in [1.54, 1.807) is 0 Å². The first kappa shape index (κ1) is 13.4. The van der Waals surface area contributed by atoms with Gasteiger partial charge in [-0.1, -0.05) is 0 Å². The number of aliphatic hydroxyl groups excluding tert-OH is 1. The van der Waals surface area contributed by atoms with E-state index < -0.39 is 5.97 Å². The van der Waals surface area contributed by atoms with Gasteiger partial charge in [0.1, 0.15) is 0 Å². The van der Waals surface area contributed by atoms with Crippen molar-refractivity contribution < 1.29 is 15.0 Å². The van der Waals surface area contributed by atoms with E-state index in [9.17, 15) is 0 Å². The van der Waals surface area contributed by atoms with Crippen LogP contribution in [0.4, 0.5) is 0 Å². The molecule has 1 aliphatic rings. The Labute approximate surface area is 85.5 Å². The molecule has 0 aromatic carbocycles. The van der Waals surface area contributed by atoms with Crippen molar-refractivity contribution in [3.63, 3.8) is 0 Å². The summed E-state index contributed by atoms with van der Waals surface area (Å²) in [6, 6.07) is 0.658. The summed E-state index contributed by atoms with van der Waals surface area (Å²) in [6.07, 6.45) is 2.32. The van der Waals surface area contributed by atoms with Crippen LogP contribution in [-0.4, -0.2) is 47.3 Å². The topological polar surface area (TPSA) is 60.8 Å².